The summed E-state index contributed by atoms with van der Waals surface area (Å²) >= 11 is 0. The molecule has 0 amide bonds. The van der Waals surface area contributed by atoms with Crippen molar-refractivity contribution in [3.05, 3.63) is 74.3 Å². The zero-order chi connectivity index (χ0) is 12.9. The predicted molar refractivity (Wildman–Crippen MR) is 70.0 cm³/mol. The van der Waals surface area contributed by atoms with Gasteiger partial charge in [-0.25, -0.2) is 4.79 Å². The number of ether oxygens (including phenoxy) is 1. The van der Waals surface area contributed by atoms with Crippen LogP contribution in [0.2, 0.25) is 0 Å². The highest BCUT2D eigenvalue weighted by Gasteiger charge is 1.92. The SMILES string of the molecule is C=CC=C.C=COC(=O)C=Cc1ccccn1. The van der Waals surface area contributed by atoms with Crippen LogP contribution in [0, 0.1) is 0 Å². The van der Waals surface area contributed by atoms with Gasteiger partial charge in [0.15, 0.2) is 0 Å². The third-order valence-electron chi connectivity index (χ3n) is 1.44. The highest BCUT2D eigenvalue weighted by Crippen LogP contribution is 1.96. The molecule has 1 rings (SSSR count). The minimum absolute atomic E-state index is 0.458. The fourth-order valence-electron chi connectivity index (χ4n) is 0.749. The number of hydrogen-bond acceptors (Lipinski definition) is 3. The molecule has 0 aliphatic rings. The normalized spacial score (nSPS) is 8.71. The summed E-state index contributed by atoms with van der Waals surface area (Å²) in [5.74, 6) is -0.458. The molecule has 17 heavy (non-hydrogen) atoms. The predicted octanol–water partition coefficient (Wildman–Crippen LogP) is 3.14. The molecule has 0 aliphatic heterocycles. The monoisotopic (exact) mass is 229 g/mol. The van der Waals surface area contributed by atoms with E-state index in [0.717, 1.165) is 6.26 Å². The van der Waals surface area contributed by atoms with E-state index in [1.54, 1.807) is 36.6 Å². The molecule has 0 aromatic carbocycles. The van der Waals surface area contributed by atoms with Crippen molar-refractivity contribution in [1.29, 1.82) is 0 Å². The molecule has 88 valence electrons. The van der Waals surface area contributed by atoms with Crippen LogP contribution in [0.5, 0.6) is 0 Å². The first kappa shape index (κ1) is 14.6. The van der Waals surface area contributed by atoms with Crippen molar-refractivity contribution >= 4 is 12.0 Å². The van der Waals surface area contributed by atoms with Gasteiger partial charge in [0.05, 0.1) is 12.0 Å². The first-order valence-electron chi connectivity index (χ1n) is 4.88. The van der Waals surface area contributed by atoms with Crippen molar-refractivity contribution in [2.24, 2.45) is 0 Å². The molecule has 0 saturated carbocycles. The molecule has 3 heteroatoms. The van der Waals surface area contributed by atoms with Crippen molar-refractivity contribution in [3.63, 3.8) is 0 Å². The molecule has 1 aromatic rings. The Balaban J connectivity index is 0.000000557. The Hall–Kier alpha value is -2.42. The van der Waals surface area contributed by atoms with E-state index in [-0.39, 0.29) is 0 Å². The van der Waals surface area contributed by atoms with Crippen molar-refractivity contribution in [1.82, 2.24) is 4.98 Å². The first-order chi connectivity index (χ1) is 8.24. The first-order valence-corrected chi connectivity index (χ1v) is 4.88. The summed E-state index contributed by atoms with van der Waals surface area (Å²) in [6.45, 7) is 9.99. The number of aromatic nitrogens is 1. The lowest BCUT2D eigenvalue weighted by Crippen LogP contribution is -1.92. The van der Waals surface area contributed by atoms with Crippen LogP contribution in [0.15, 0.2) is 68.6 Å². The number of carbonyl (C=O) groups is 1. The molecule has 3 nitrogen and oxygen atoms in total. The summed E-state index contributed by atoms with van der Waals surface area (Å²) in [5.41, 5.74) is 0.712. The topological polar surface area (TPSA) is 39.2 Å². The Morgan fingerprint density at radius 1 is 1.24 bits per heavy atom. The Morgan fingerprint density at radius 2 is 1.94 bits per heavy atom. The minimum atomic E-state index is -0.458. The van der Waals surface area contributed by atoms with Gasteiger partial charge < -0.3 is 4.74 Å². The van der Waals surface area contributed by atoms with Gasteiger partial charge in [0.1, 0.15) is 0 Å². The molecule has 1 heterocycles. The zero-order valence-corrected chi connectivity index (χ0v) is 9.58. The van der Waals surface area contributed by atoms with Gasteiger partial charge in [-0.15, -0.1) is 0 Å². The molecule has 0 fully saturated rings. The van der Waals surface area contributed by atoms with Crippen LogP contribution in [0.4, 0.5) is 0 Å². The molecule has 0 aliphatic carbocycles. The number of nitrogens with zero attached hydrogens (tertiary/aromatic N) is 1. The van der Waals surface area contributed by atoms with Gasteiger partial charge in [0.25, 0.3) is 0 Å². The molecule has 0 N–H and O–H groups in total. The van der Waals surface area contributed by atoms with Crippen LogP contribution in [-0.4, -0.2) is 11.0 Å². The Morgan fingerprint density at radius 3 is 2.41 bits per heavy atom. The molecule has 0 spiro atoms. The van der Waals surface area contributed by atoms with Gasteiger partial charge in [-0.1, -0.05) is 38.0 Å². The van der Waals surface area contributed by atoms with Crippen molar-refractivity contribution in [2.75, 3.05) is 0 Å². The van der Waals surface area contributed by atoms with Gasteiger partial charge in [-0.2, -0.15) is 0 Å². The number of allylic oxidation sites excluding steroid dienone is 2. The number of carbonyl (C=O) groups excluding carboxylic acids is 1. The van der Waals surface area contributed by atoms with E-state index in [1.807, 2.05) is 6.07 Å². The van der Waals surface area contributed by atoms with Gasteiger partial charge in [0, 0.05) is 12.3 Å². The molecule has 0 unspecified atom stereocenters. The maximum Gasteiger partial charge on any atom is 0.335 e. The molecular weight excluding hydrogens is 214 g/mol. The fraction of sp³-hybridized carbons (Fsp3) is 0. The van der Waals surface area contributed by atoms with Crippen LogP contribution in [0.25, 0.3) is 6.08 Å². The summed E-state index contributed by atoms with van der Waals surface area (Å²) in [5, 5.41) is 0. The number of rotatable bonds is 4. The highest BCUT2D eigenvalue weighted by atomic mass is 16.5. The van der Waals surface area contributed by atoms with Crippen LogP contribution in [0.1, 0.15) is 5.69 Å². The molecule has 0 atom stereocenters. The smallest absolute Gasteiger partial charge is 0.335 e. The lowest BCUT2D eigenvalue weighted by molar-refractivity contribution is -0.132. The lowest BCUT2D eigenvalue weighted by Gasteiger charge is -1.91. The second-order valence-electron chi connectivity index (χ2n) is 2.66. The molecule has 0 bridgehead atoms. The second-order valence-corrected chi connectivity index (χ2v) is 2.66. The van der Waals surface area contributed by atoms with Gasteiger partial charge in [0.2, 0.25) is 0 Å². The van der Waals surface area contributed by atoms with Gasteiger partial charge in [-0.05, 0) is 18.2 Å². The number of hydrogen-bond donors (Lipinski definition) is 0. The maximum absolute atomic E-state index is 10.8. The summed E-state index contributed by atoms with van der Waals surface area (Å²) in [4.78, 5) is 14.8. The van der Waals surface area contributed by atoms with Gasteiger partial charge in [-0.3, -0.25) is 4.98 Å². The Labute approximate surface area is 101 Å². The molecule has 1 aromatic heterocycles. The Kier molecular flexibility index (Phi) is 8.67. The standard InChI is InChI=1S/C10H9NO2.C4H6/c1-2-13-10(12)7-6-9-5-3-4-8-11-9;1-3-4-2/h2-8H,1H2;3-4H,1-2H2. The quantitative estimate of drug-likeness (QED) is 0.344. The summed E-state index contributed by atoms with van der Waals surface area (Å²) < 4.78 is 4.47. The summed E-state index contributed by atoms with van der Waals surface area (Å²) in [6.07, 6.45) is 8.89. The van der Waals surface area contributed by atoms with E-state index in [0.29, 0.717) is 5.69 Å². The molecular formula is C14H15NO2. The number of esters is 1. The van der Waals surface area contributed by atoms with Crippen molar-refractivity contribution in [2.45, 2.75) is 0 Å². The second kappa shape index (κ2) is 10.1. The van der Waals surface area contributed by atoms with Crippen LogP contribution < -0.4 is 0 Å². The van der Waals surface area contributed by atoms with Crippen LogP contribution >= 0.6 is 0 Å². The van der Waals surface area contributed by atoms with E-state index in [4.69, 9.17) is 0 Å². The lowest BCUT2D eigenvalue weighted by atomic mass is 10.3. The number of pyridine rings is 1. The van der Waals surface area contributed by atoms with Crippen molar-refractivity contribution < 1.29 is 9.53 Å². The zero-order valence-electron chi connectivity index (χ0n) is 9.58. The maximum atomic E-state index is 10.8. The van der Waals surface area contributed by atoms with E-state index in [2.05, 4.69) is 29.5 Å². The highest BCUT2D eigenvalue weighted by molar-refractivity contribution is 5.87. The molecule has 0 saturated heterocycles. The fourth-order valence-corrected chi connectivity index (χ4v) is 0.749. The average Bonchev–Trinajstić information content (AvgIpc) is 2.38. The van der Waals surface area contributed by atoms with Gasteiger partial charge >= 0.3 is 5.97 Å². The van der Waals surface area contributed by atoms with E-state index >= 15 is 0 Å². The molecule has 0 radical (unpaired) electrons. The van der Waals surface area contributed by atoms with Crippen LogP contribution in [-0.2, 0) is 9.53 Å². The van der Waals surface area contributed by atoms with Crippen molar-refractivity contribution in [3.8, 4) is 0 Å². The van der Waals surface area contributed by atoms with E-state index < -0.39 is 5.97 Å². The summed E-state index contributed by atoms with van der Waals surface area (Å²) in [7, 11) is 0. The average molecular weight is 229 g/mol. The van der Waals surface area contributed by atoms with E-state index in [1.165, 1.54) is 6.08 Å². The Bertz CT molecular complexity index is 388. The third-order valence-corrected chi connectivity index (χ3v) is 1.44. The largest absolute Gasteiger partial charge is 0.432 e. The van der Waals surface area contributed by atoms with Crippen LogP contribution in [0.3, 0.4) is 0 Å². The summed E-state index contributed by atoms with van der Waals surface area (Å²) in [6, 6.07) is 5.43. The minimum Gasteiger partial charge on any atom is -0.432 e. The van der Waals surface area contributed by atoms with E-state index in [9.17, 15) is 4.79 Å². The third kappa shape index (κ3) is 8.57.